The van der Waals surface area contributed by atoms with Crippen LogP contribution in [0.5, 0.6) is 0 Å². The number of carboxylic acid groups (broad SMARTS) is 2. The average Bonchev–Trinajstić information content (AvgIpc) is 0.863. The summed E-state index contributed by atoms with van der Waals surface area (Å²) in [5, 5.41) is 103. The zero-order chi connectivity index (χ0) is 80.9. The Morgan fingerprint density at radius 3 is 1.06 bits per heavy atom. The molecule has 0 heterocycles. The van der Waals surface area contributed by atoms with E-state index in [0.717, 1.165) is 63.1 Å². The van der Waals surface area contributed by atoms with Crippen LogP contribution in [0.15, 0.2) is 127 Å². The maximum Gasteiger partial charge on any atom is 1.00 e. The number of nitrogens with zero attached hydrogens (tertiary/aromatic N) is 8. The van der Waals surface area contributed by atoms with Gasteiger partial charge in [0, 0.05) is 78.5 Å². The number of nitro groups is 6. The normalized spacial score (nSPS) is 9.39. The summed E-state index contributed by atoms with van der Waals surface area (Å²) in [5.74, 6) is -2.79. The van der Waals surface area contributed by atoms with Crippen LogP contribution in [0.1, 0.15) is 96.5 Å². The van der Waals surface area contributed by atoms with Crippen LogP contribution in [0.25, 0.3) is 0 Å². The van der Waals surface area contributed by atoms with E-state index in [1.165, 1.54) is 87.0 Å². The van der Waals surface area contributed by atoms with Crippen molar-refractivity contribution in [3.05, 3.63) is 273 Å². The van der Waals surface area contributed by atoms with Gasteiger partial charge in [-0.05, 0) is 139 Å². The molecule has 0 aliphatic heterocycles. The minimum absolute atomic E-state index is 0. The van der Waals surface area contributed by atoms with E-state index in [4.69, 9.17) is 46.9 Å². The first-order valence-electron chi connectivity index (χ1n) is 29.5. The molecule has 0 aromatic heterocycles. The number of hydrogen-bond donors (Lipinski definition) is 4. The van der Waals surface area contributed by atoms with Crippen LogP contribution in [0.4, 0.5) is 39.8 Å². The Kier molecular flexibility index (Phi) is 66.3. The number of aliphatic carboxylic acids is 1. The second-order valence-corrected chi connectivity index (χ2v) is 23.0. The quantitative estimate of drug-likeness (QED) is 0.0110. The number of nitrogens with two attached hydrogens (primary N) is 1. The zero-order valence-corrected chi connectivity index (χ0v) is 71.3. The minimum Gasteiger partial charge on any atom is -0.870 e. The van der Waals surface area contributed by atoms with Crippen molar-refractivity contribution in [2.24, 2.45) is 0 Å². The summed E-state index contributed by atoms with van der Waals surface area (Å²) in [4.78, 5) is 102. The largest absolute Gasteiger partial charge is 1.00 e. The Morgan fingerprint density at radius 2 is 0.761 bits per heavy atom. The van der Waals surface area contributed by atoms with Crippen LogP contribution in [0.3, 0.4) is 0 Å². The number of hydrogen-bond acceptors (Lipinski definition) is 28. The van der Waals surface area contributed by atoms with Gasteiger partial charge in [-0.25, -0.2) is 4.79 Å². The molecule has 0 saturated heterocycles. The maximum atomic E-state index is 11.0. The molecule has 109 heavy (non-hydrogen) atoms. The van der Waals surface area contributed by atoms with E-state index in [9.17, 15) is 88.3 Å². The number of carbonyl (C=O) groups excluding carboxylic acids is 2. The second kappa shape index (κ2) is 62.2. The van der Waals surface area contributed by atoms with Gasteiger partial charge in [0.15, 0.2) is 0 Å². The van der Waals surface area contributed by atoms with E-state index >= 15 is 0 Å². The van der Waals surface area contributed by atoms with Crippen LogP contribution in [-0.2, 0) is 88.1 Å². The number of non-ortho nitro benzene ring substituents is 6. The predicted octanol–water partition coefficient (Wildman–Crippen LogP) is 6.08. The molecule has 0 saturated carbocycles. The van der Waals surface area contributed by atoms with Crippen LogP contribution >= 0.6 is 24.8 Å². The average molecular weight is 1660 g/mol. The second-order valence-electron chi connectivity index (χ2n) is 20.5. The Bertz CT molecular complexity index is 4360. The van der Waals surface area contributed by atoms with Gasteiger partial charge in [0.05, 0.1) is 101 Å². The SMILES string of the molecule is CC.COC(=O)Cc1cc(N)ccc1C.COC(=O)Cc1cc([N+](=O)[O-])ccc1C.CS(=O)[O-].Cc1ccc([N+](=O)[O-])cc1C(=O)O.Cc1ccc([N+](=O)[O-])cc1CC#N.Cc1ccc([N+](=O)[O-])cc1CC(=O)O.Cc1ccc([N+](=O)[O-])cc1CO.Cc1ccc([N+](=O)[O-])cc1COS(C)(=O)=O.Cl.Cl.[C-]#N.[K+].[K+].[OH-]. The molecule has 7 aromatic carbocycles. The van der Waals surface area contributed by atoms with E-state index in [-0.39, 0.29) is 218 Å². The molecule has 0 spiro atoms. The number of halogens is 2. The van der Waals surface area contributed by atoms with Crippen molar-refractivity contribution in [2.45, 2.75) is 101 Å². The molecule has 1 unspecified atom stereocenters. The van der Waals surface area contributed by atoms with Crippen LogP contribution in [0.2, 0.25) is 0 Å². The number of benzene rings is 7. The minimum atomic E-state index is -3.54. The third-order valence-corrected chi connectivity index (χ3v) is 13.6. The molecule has 0 fully saturated rings. The van der Waals surface area contributed by atoms with Crippen molar-refractivity contribution in [2.75, 3.05) is 32.5 Å². The Hall–Kier alpha value is -8.61. The Morgan fingerprint density at radius 1 is 0.505 bits per heavy atom. The summed E-state index contributed by atoms with van der Waals surface area (Å²) in [6.07, 6.45) is 2.39. The number of ether oxygens (including phenoxy) is 2. The number of nitro benzene ring substituents is 6. The third-order valence-electron chi connectivity index (χ3n) is 13.1. The van der Waals surface area contributed by atoms with Gasteiger partial charge < -0.3 is 52.4 Å². The van der Waals surface area contributed by atoms with Gasteiger partial charge in [-0.2, -0.15) is 13.7 Å². The summed E-state index contributed by atoms with van der Waals surface area (Å²) in [7, 11) is -0.876. The number of aliphatic hydroxyl groups is 1. The first kappa shape index (κ1) is 116. The summed E-state index contributed by atoms with van der Waals surface area (Å²) < 4.78 is 53.2. The molecular formula is C67H80Cl2K2N9O27S2-. The van der Waals surface area contributed by atoms with E-state index < -0.39 is 68.6 Å². The molecule has 42 heteroatoms. The van der Waals surface area contributed by atoms with Gasteiger partial charge in [-0.1, -0.05) is 67.4 Å². The van der Waals surface area contributed by atoms with Gasteiger partial charge >= 0.3 is 127 Å². The molecule has 0 radical (unpaired) electrons. The van der Waals surface area contributed by atoms with E-state index in [2.05, 4.69) is 13.7 Å². The molecule has 0 aliphatic rings. The number of aromatic carboxylic acids is 1. The number of aryl methyl sites for hydroxylation is 7. The van der Waals surface area contributed by atoms with Crippen molar-refractivity contribution < 1.29 is 203 Å². The van der Waals surface area contributed by atoms with Gasteiger partial charge in [-0.3, -0.25) is 83.5 Å². The van der Waals surface area contributed by atoms with E-state index in [1.54, 1.807) is 71.0 Å². The number of esters is 2. The molecule has 36 nitrogen and oxygen atoms in total. The molecular weight excluding hydrogens is 1580 g/mol. The first-order chi connectivity index (χ1) is 48.5. The Labute approximate surface area is 727 Å². The third kappa shape index (κ3) is 49.9. The van der Waals surface area contributed by atoms with Gasteiger partial charge in [-0.15, -0.1) is 24.8 Å². The predicted molar refractivity (Wildman–Crippen MR) is 395 cm³/mol. The molecule has 1 atom stereocenters. The topological polar surface area (TPSA) is 593 Å². The molecule has 0 bridgehead atoms. The standard InChI is InChI=1S/C10H11NO4.C10H13NO2.C9H8N2O2.C9H11NO5S.C9H9NO4.C8H7NO4.C8H9NO3.C2H6.CN.CH4O2S.2ClH.2K.H2O/c1-7-3-4-9(11(13)14)5-8(7)6-10(12)15-2;1-7-3-4-9(11)5-8(7)6-10(12)13-2;1-7-2-3-9(11(12)13)6-8(7)4-5-10;1-7-3-4-9(10(11)12)5-8(7)6-15-16(2,13)14;1-6-2-3-8(10(13)14)4-7(6)5-9(11)12;1-5-2-3-6(9(12)13)4-7(5)8(10)11;1-6-2-3-8(9(11)12)4-7(6)5-10;2*1-2;1-4(2)3;;;;;/h3-5H,6H2,1-2H3;3-5H,6,11H2,1-2H3;2-3,6H,4H2,1H3;3-5H,6H2,1-2H3;2-4H,5H2,1H3,(H,11,12);2-4H,1H3,(H,10,11);2-4,10H,5H2,1H3;1-2H3;;1H3,(H,2,3);2*1H;;;1H2/q;;;;;;;;-1;;;;2*+1;/p-2. The summed E-state index contributed by atoms with van der Waals surface area (Å²) in [6, 6.07) is 33.1. The number of carbonyl (C=O) groups is 4. The molecule has 0 amide bonds. The first-order valence-corrected chi connectivity index (χ1v) is 32.8. The molecule has 6 N–H and O–H groups in total. The van der Waals surface area contributed by atoms with Gasteiger partial charge in [0.2, 0.25) is 0 Å². The number of aliphatic hydroxyl groups excluding tert-OH is 1. The Balaban J connectivity index is -0.000000178. The van der Waals surface area contributed by atoms with Crippen LogP contribution in [0, 0.1) is 132 Å². The fraction of sp³-hybridized carbons (Fsp3) is 0.284. The van der Waals surface area contributed by atoms with Gasteiger partial charge in [0.1, 0.15) is 0 Å². The smallest absolute Gasteiger partial charge is 0.870 e. The monoisotopic (exact) mass is 1650 g/mol. The van der Waals surface area contributed by atoms with Crippen molar-refractivity contribution in [1.82, 2.24) is 0 Å². The maximum absolute atomic E-state index is 11.0. The van der Waals surface area contributed by atoms with Crippen LogP contribution in [-0.4, -0.2) is 118 Å². The zero-order valence-electron chi connectivity index (χ0n) is 61.8. The molecule has 7 aromatic rings. The van der Waals surface area contributed by atoms with Crippen molar-refractivity contribution in [3.8, 4) is 6.07 Å². The number of anilines is 1. The number of nitriles is 1. The molecule has 584 valence electrons. The number of nitrogen functional groups attached to an aromatic ring is 1. The van der Waals surface area contributed by atoms with E-state index in [0.29, 0.717) is 33.5 Å². The van der Waals surface area contributed by atoms with Crippen molar-refractivity contribution in [1.29, 1.82) is 10.5 Å². The fourth-order valence-electron chi connectivity index (χ4n) is 7.46. The molecule has 7 rings (SSSR count). The van der Waals surface area contributed by atoms with Crippen molar-refractivity contribution >= 4 is 110 Å². The summed E-state index contributed by atoms with van der Waals surface area (Å²) in [5.41, 5.74) is 15.4. The number of methoxy groups -OCH3 is 2. The fourth-order valence-corrected chi connectivity index (χ4v) is 7.81. The number of rotatable bonds is 18. The summed E-state index contributed by atoms with van der Waals surface area (Å²) >= 11 is -1.86. The molecule has 0 aliphatic carbocycles. The number of carboxylic acids is 2. The van der Waals surface area contributed by atoms with Gasteiger partial charge in [0.25, 0.3) is 44.2 Å². The van der Waals surface area contributed by atoms with E-state index in [1.807, 2.05) is 45.9 Å². The van der Waals surface area contributed by atoms with Crippen molar-refractivity contribution in [3.63, 3.8) is 0 Å². The van der Waals surface area contributed by atoms with Crippen LogP contribution < -0.4 is 109 Å². The summed E-state index contributed by atoms with van der Waals surface area (Å²) in [6.45, 7) is 20.8.